The topological polar surface area (TPSA) is 111 Å². The van der Waals surface area contributed by atoms with Gasteiger partial charge in [-0.05, 0) is 12.8 Å². The average Bonchev–Trinajstić information content (AvgIpc) is 3.61. The van der Waals surface area contributed by atoms with Crippen molar-refractivity contribution in [2.45, 2.75) is 418 Å². The summed E-state index contributed by atoms with van der Waals surface area (Å²) < 4.78 is 34.4. The van der Waals surface area contributed by atoms with Crippen molar-refractivity contribution in [3.05, 3.63) is 0 Å². The Kier molecular flexibility index (Phi) is 65.6. The second kappa shape index (κ2) is 66.4. The molecule has 0 saturated heterocycles. The molecule has 0 saturated carbocycles. The number of phosphoric acid groups is 1. The predicted octanol–water partition coefficient (Wildman–Crippen LogP) is 23.9. The van der Waals surface area contributed by atoms with E-state index < -0.39 is 26.5 Å². The summed E-state index contributed by atoms with van der Waals surface area (Å²) in [5, 5.41) is 0. The second-order valence-corrected chi connectivity index (χ2v) is 28.8. The van der Waals surface area contributed by atoms with Gasteiger partial charge in [0.25, 0.3) is 7.82 Å². The van der Waals surface area contributed by atoms with E-state index in [1.165, 1.54) is 347 Å². The highest BCUT2D eigenvalue weighted by atomic mass is 31.2. The van der Waals surface area contributed by atoms with Crippen LogP contribution >= 0.6 is 7.82 Å². The smallest absolute Gasteiger partial charge is 0.306 e. The van der Waals surface area contributed by atoms with Crippen molar-refractivity contribution in [2.75, 3.05) is 47.5 Å². The van der Waals surface area contributed by atoms with Gasteiger partial charge in [-0.25, -0.2) is 0 Å². The molecular formula is C74H148NO8P. The molecule has 0 aliphatic heterocycles. The number of nitrogens with zero attached hydrogens (tertiary/aromatic N) is 1. The second-order valence-electron chi connectivity index (χ2n) is 27.4. The summed E-state index contributed by atoms with van der Waals surface area (Å²) in [4.78, 5) is 38.1. The summed E-state index contributed by atoms with van der Waals surface area (Å²) in [5.41, 5.74) is 0. The number of phosphoric ester groups is 1. The van der Waals surface area contributed by atoms with Gasteiger partial charge >= 0.3 is 11.9 Å². The molecule has 0 spiro atoms. The number of hydrogen-bond donors (Lipinski definition) is 0. The Morgan fingerprint density at radius 1 is 0.321 bits per heavy atom. The molecule has 502 valence electrons. The van der Waals surface area contributed by atoms with E-state index in [2.05, 4.69) is 13.8 Å². The Labute approximate surface area is 524 Å². The highest BCUT2D eigenvalue weighted by Crippen LogP contribution is 2.38. The molecule has 0 radical (unpaired) electrons. The van der Waals surface area contributed by atoms with Crippen LogP contribution in [0, 0.1) is 0 Å². The van der Waals surface area contributed by atoms with Gasteiger partial charge in [-0.1, -0.05) is 386 Å². The average molecular weight is 1210 g/mol. The lowest BCUT2D eigenvalue weighted by Gasteiger charge is -2.28. The Morgan fingerprint density at radius 2 is 0.536 bits per heavy atom. The molecule has 2 atom stereocenters. The van der Waals surface area contributed by atoms with Crippen molar-refractivity contribution in [3.8, 4) is 0 Å². The largest absolute Gasteiger partial charge is 0.756 e. The van der Waals surface area contributed by atoms with E-state index in [4.69, 9.17) is 18.5 Å². The van der Waals surface area contributed by atoms with Crippen molar-refractivity contribution in [2.24, 2.45) is 0 Å². The minimum absolute atomic E-state index is 0.0247. The highest BCUT2D eigenvalue weighted by molar-refractivity contribution is 7.45. The summed E-state index contributed by atoms with van der Waals surface area (Å²) in [6.45, 7) is 4.34. The number of likely N-dealkylation sites (N-methyl/N-ethyl adjacent to an activating group) is 1. The summed E-state index contributed by atoms with van der Waals surface area (Å²) >= 11 is 0. The maximum atomic E-state index is 12.9. The number of esters is 2. The van der Waals surface area contributed by atoms with Crippen LogP contribution in [0.2, 0.25) is 0 Å². The van der Waals surface area contributed by atoms with Crippen molar-refractivity contribution < 1.29 is 42.1 Å². The molecule has 0 aromatic rings. The van der Waals surface area contributed by atoms with Crippen LogP contribution in [0.25, 0.3) is 0 Å². The third-order valence-corrected chi connectivity index (χ3v) is 18.6. The van der Waals surface area contributed by atoms with E-state index in [9.17, 15) is 19.0 Å². The first-order chi connectivity index (χ1) is 41.0. The summed E-state index contributed by atoms with van der Waals surface area (Å²) in [7, 11) is 1.20. The number of rotatable bonds is 72. The summed E-state index contributed by atoms with van der Waals surface area (Å²) in [6, 6.07) is 0. The molecule has 0 bridgehead atoms. The Morgan fingerprint density at radius 3 is 0.762 bits per heavy atom. The third-order valence-electron chi connectivity index (χ3n) is 17.6. The van der Waals surface area contributed by atoms with E-state index in [-0.39, 0.29) is 32.0 Å². The zero-order valence-electron chi connectivity index (χ0n) is 57.4. The van der Waals surface area contributed by atoms with Gasteiger partial charge in [0.2, 0.25) is 0 Å². The quantitative estimate of drug-likeness (QED) is 0.0256. The molecule has 0 aromatic heterocycles. The first kappa shape index (κ1) is 83.0. The molecule has 0 heterocycles. The third kappa shape index (κ3) is 70.1. The lowest BCUT2D eigenvalue weighted by Crippen LogP contribution is -2.37. The molecule has 10 heteroatoms. The van der Waals surface area contributed by atoms with Crippen LogP contribution in [-0.2, 0) is 32.7 Å². The van der Waals surface area contributed by atoms with Gasteiger partial charge in [0.1, 0.15) is 19.8 Å². The Hall–Kier alpha value is -0.990. The molecular weight excluding hydrogens is 1060 g/mol. The van der Waals surface area contributed by atoms with Gasteiger partial charge in [-0.2, -0.15) is 0 Å². The van der Waals surface area contributed by atoms with Gasteiger partial charge in [-0.3, -0.25) is 14.2 Å². The minimum Gasteiger partial charge on any atom is -0.756 e. The fourth-order valence-corrected chi connectivity index (χ4v) is 12.6. The molecule has 0 amide bonds. The number of ether oxygens (including phenoxy) is 2. The van der Waals surface area contributed by atoms with Crippen molar-refractivity contribution in [3.63, 3.8) is 0 Å². The lowest BCUT2D eigenvalue weighted by molar-refractivity contribution is -0.870. The van der Waals surface area contributed by atoms with Gasteiger partial charge in [0.05, 0.1) is 27.7 Å². The number of unbranched alkanes of at least 4 members (excludes halogenated alkanes) is 58. The summed E-state index contributed by atoms with van der Waals surface area (Å²) in [5.74, 6) is -0.802. The van der Waals surface area contributed by atoms with Gasteiger partial charge in [0, 0.05) is 12.8 Å². The van der Waals surface area contributed by atoms with E-state index >= 15 is 0 Å². The lowest BCUT2D eigenvalue weighted by atomic mass is 10.0. The zero-order chi connectivity index (χ0) is 61.2. The number of carbonyl (C=O) groups is 2. The normalized spacial score (nSPS) is 13.0. The summed E-state index contributed by atoms with van der Waals surface area (Å²) in [6.07, 6.45) is 80.8. The first-order valence-corrected chi connectivity index (χ1v) is 39.2. The van der Waals surface area contributed by atoms with Crippen molar-refractivity contribution in [1.82, 2.24) is 0 Å². The van der Waals surface area contributed by atoms with Crippen molar-refractivity contribution >= 4 is 19.8 Å². The maximum absolute atomic E-state index is 12.9. The number of quaternary nitrogens is 1. The maximum Gasteiger partial charge on any atom is 0.306 e. The predicted molar refractivity (Wildman–Crippen MR) is 361 cm³/mol. The van der Waals surface area contributed by atoms with Crippen molar-refractivity contribution in [1.29, 1.82) is 0 Å². The van der Waals surface area contributed by atoms with Crippen LogP contribution in [0.3, 0.4) is 0 Å². The van der Waals surface area contributed by atoms with Gasteiger partial charge in [-0.15, -0.1) is 0 Å². The van der Waals surface area contributed by atoms with E-state index in [1.54, 1.807) is 0 Å². The van der Waals surface area contributed by atoms with E-state index in [0.717, 1.165) is 32.1 Å². The molecule has 2 unspecified atom stereocenters. The highest BCUT2D eigenvalue weighted by Gasteiger charge is 2.22. The first-order valence-electron chi connectivity index (χ1n) is 37.7. The van der Waals surface area contributed by atoms with Crippen LogP contribution in [0.1, 0.15) is 412 Å². The molecule has 0 N–H and O–H groups in total. The van der Waals surface area contributed by atoms with Crippen LogP contribution in [0.15, 0.2) is 0 Å². The monoisotopic (exact) mass is 1210 g/mol. The standard InChI is InChI=1S/C74H148NO8P/c1-6-8-10-12-14-16-18-20-22-24-26-28-30-32-33-34-35-36-37-38-39-40-41-43-45-47-49-51-53-55-57-59-61-63-65-67-74(77)83-72(71-82-84(78,79)81-69-68-75(3,4)5)70-80-73(76)66-64-62-60-58-56-54-52-50-48-46-44-42-31-29-27-25-23-21-19-17-15-13-11-9-7-2/h72H,6-71H2,1-5H3. The SMILES string of the molecule is CCCCCCCCCCCCCCCCCCCCCCCCCCCCCCCCCCCCCC(=O)OC(COC(=O)CCCCCCCCCCCCCCCCCCCCCCCCCCC)COP(=O)([O-])OCC[N+](C)(C)C. The molecule has 9 nitrogen and oxygen atoms in total. The molecule has 0 aliphatic rings. The van der Waals surface area contributed by atoms with Crippen LogP contribution < -0.4 is 4.89 Å². The Balaban J connectivity index is 3.91. The molecule has 0 fully saturated rings. The Bertz CT molecular complexity index is 1370. The number of hydrogen-bond acceptors (Lipinski definition) is 8. The fourth-order valence-electron chi connectivity index (χ4n) is 11.8. The molecule has 84 heavy (non-hydrogen) atoms. The number of carbonyl (C=O) groups excluding carboxylic acids is 2. The molecule has 0 aromatic carbocycles. The van der Waals surface area contributed by atoms with E-state index in [1.807, 2.05) is 21.1 Å². The molecule has 0 aliphatic carbocycles. The van der Waals surface area contributed by atoms with Crippen LogP contribution in [0.4, 0.5) is 0 Å². The minimum atomic E-state index is -4.64. The van der Waals surface area contributed by atoms with Crippen LogP contribution in [0.5, 0.6) is 0 Å². The molecule has 0 rings (SSSR count). The van der Waals surface area contributed by atoms with Crippen LogP contribution in [-0.4, -0.2) is 70.0 Å². The van der Waals surface area contributed by atoms with E-state index in [0.29, 0.717) is 17.4 Å². The zero-order valence-corrected chi connectivity index (χ0v) is 58.3. The fraction of sp³-hybridized carbons (Fsp3) is 0.973. The van der Waals surface area contributed by atoms with Gasteiger partial charge in [0.15, 0.2) is 6.10 Å². The van der Waals surface area contributed by atoms with Gasteiger partial charge < -0.3 is 27.9 Å².